The number of carbonyl (C=O) groups is 1. The standard InChI is InChI=1S/C7H7ClN2O2/c1-12-7(11)6-5(9)2-4(8)3-10-6/h2-3H,9H2,1H3. The van der Waals surface area contributed by atoms with Gasteiger partial charge < -0.3 is 10.5 Å². The number of nitrogens with zero attached hydrogens (tertiary/aromatic N) is 1. The Morgan fingerprint density at radius 1 is 1.75 bits per heavy atom. The Morgan fingerprint density at radius 3 is 2.92 bits per heavy atom. The van der Waals surface area contributed by atoms with Crippen LogP contribution in [-0.2, 0) is 4.74 Å². The molecule has 1 aromatic rings. The molecular weight excluding hydrogens is 180 g/mol. The van der Waals surface area contributed by atoms with Gasteiger partial charge in [0.15, 0.2) is 5.69 Å². The first-order valence-electron chi connectivity index (χ1n) is 3.14. The minimum Gasteiger partial charge on any atom is -0.464 e. The Labute approximate surface area is 74.3 Å². The zero-order valence-electron chi connectivity index (χ0n) is 6.37. The highest BCUT2D eigenvalue weighted by Crippen LogP contribution is 2.15. The lowest BCUT2D eigenvalue weighted by molar-refractivity contribution is 0.0595. The third-order valence-electron chi connectivity index (χ3n) is 1.26. The quantitative estimate of drug-likeness (QED) is 0.668. The number of nitrogens with two attached hydrogens (primary N) is 1. The molecule has 1 rings (SSSR count). The highest BCUT2D eigenvalue weighted by atomic mass is 35.5. The monoisotopic (exact) mass is 186 g/mol. The lowest BCUT2D eigenvalue weighted by atomic mass is 10.3. The van der Waals surface area contributed by atoms with Gasteiger partial charge in [0.2, 0.25) is 0 Å². The Bertz CT molecular complexity index is 314. The number of esters is 1. The summed E-state index contributed by atoms with van der Waals surface area (Å²) in [5.41, 5.74) is 5.75. The van der Waals surface area contributed by atoms with Gasteiger partial charge in [-0.15, -0.1) is 0 Å². The van der Waals surface area contributed by atoms with Crippen LogP contribution in [0.3, 0.4) is 0 Å². The third-order valence-corrected chi connectivity index (χ3v) is 1.47. The average Bonchev–Trinajstić information content (AvgIpc) is 2.03. The van der Waals surface area contributed by atoms with E-state index >= 15 is 0 Å². The normalized spacial score (nSPS) is 9.50. The number of carbonyl (C=O) groups excluding carboxylic acids is 1. The summed E-state index contributed by atoms with van der Waals surface area (Å²) in [7, 11) is 1.26. The molecule has 0 aliphatic rings. The molecule has 4 nitrogen and oxygen atoms in total. The molecule has 0 aromatic carbocycles. The van der Waals surface area contributed by atoms with Crippen LogP contribution in [0.25, 0.3) is 0 Å². The van der Waals surface area contributed by atoms with Crippen molar-refractivity contribution < 1.29 is 9.53 Å². The first-order valence-corrected chi connectivity index (χ1v) is 3.52. The Kier molecular flexibility index (Phi) is 2.50. The Morgan fingerprint density at radius 2 is 2.42 bits per heavy atom. The number of methoxy groups -OCH3 is 1. The molecule has 0 bridgehead atoms. The van der Waals surface area contributed by atoms with Gasteiger partial charge in [-0.1, -0.05) is 11.6 Å². The molecular formula is C7H7ClN2O2. The van der Waals surface area contributed by atoms with Crippen LogP contribution in [-0.4, -0.2) is 18.1 Å². The van der Waals surface area contributed by atoms with E-state index in [1.54, 1.807) is 0 Å². The molecule has 5 heteroatoms. The number of pyridine rings is 1. The minimum absolute atomic E-state index is 0.0851. The summed E-state index contributed by atoms with van der Waals surface area (Å²) in [5.74, 6) is -0.566. The van der Waals surface area contributed by atoms with Crippen LogP contribution in [0.4, 0.5) is 5.69 Å². The van der Waals surface area contributed by atoms with Crippen LogP contribution in [0.1, 0.15) is 10.5 Å². The largest absolute Gasteiger partial charge is 0.464 e. The lowest BCUT2D eigenvalue weighted by Crippen LogP contribution is -2.07. The van der Waals surface area contributed by atoms with Crippen LogP contribution >= 0.6 is 11.6 Å². The first-order chi connectivity index (χ1) is 5.65. The zero-order valence-corrected chi connectivity index (χ0v) is 7.13. The average molecular weight is 187 g/mol. The van der Waals surface area contributed by atoms with Gasteiger partial charge >= 0.3 is 5.97 Å². The molecule has 0 unspecified atom stereocenters. The summed E-state index contributed by atoms with van der Waals surface area (Å²) in [6.45, 7) is 0. The summed E-state index contributed by atoms with van der Waals surface area (Å²) < 4.78 is 4.43. The third kappa shape index (κ3) is 1.65. The van der Waals surface area contributed by atoms with Crippen molar-refractivity contribution in [3.05, 3.63) is 23.0 Å². The van der Waals surface area contributed by atoms with E-state index in [0.717, 1.165) is 0 Å². The number of ether oxygens (including phenoxy) is 1. The van der Waals surface area contributed by atoms with Crippen molar-refractivity contribution in [3.8, 4) is 0 Å². The zero-order chi connectivity index (χ0) is 9.14. The molecule has 1 heterocycles. The topological polar surface area (TPSA) is 65.2 Å². The molecule has 64 valence electrons. The van der Waals surface area contributed by atoms with Crippen molar-refractivity contribution in [3.63, 3.8) is 0 Å². The van der Waals surface area contributed by atoms with Crippen molar-refractivity contribution in [2.45, 2.75) is 0 Å². The molecule has 0 spiro atoms. The van der Waals surface area contributed by atoms with E-state index < -0.39 is 5.97 Å². The van der Waals surface area contributed by atoms with Gasteiger partial charge in [0.25, 0.3) is 0 Å². The predicted molar refractivity (Wildman–Crippen MR) is 45.0 cm³/mol. The van der Waals surface area contributed by atoms with Crippen LogP contribution in [0, 0.1) is 0 Å². The highest BCUT2D eigenvalue weighted by molar-refractivity contribution is 6.30. The summed E-state index contributed by atoms with van der Waals surface area (Å²) in [5, 5.41) is 0.389. The van der Waals surface area contributed by atoms with Gasteiger partial charge in [0.1, 0.15) is 0 Å². The molecule has 2 N–H and O–H groups in total. The lowest BCUT2D eigenvalue weighted by Gasteiger charge is -2.01. The number of aromatic nitrogens is 1. The van der Waals surface area contributed by atoms with Crippen molar-refractivity contribution in [2.24, 2.45) is 0 Å². The van der Waals surface area contributed by atoms with E-state index in [0.29, 0.717) is 5.02 Å². The van der Waals surface area contributed by atoms with E-state index in [4.69, 9.17) is 17.3 Å². The second-order valence-electron chi connectivity index (χ2n) is 2.08. The van der Waals surface area contributed by atoms with E-state index in [2.05, 4.69) is 9.72 Å². The smallest absolute Gasteiger partial charge is 0.358 e. The maximum absolute atomic E-state index is 10.9. The maximum atomic E-state index is 10.9. The van der Waals surface area contributed by atoms with E-state index in [9.17, 15) is 4.79 Å². The molecule has 0 atom stereocenters. The van der Waals surface area contributed by atoms with Gasteiger partial charge in [-0.25, -0.2) is 9.78 Å². The van der Waals surface area contributed by atoms with Gasteiger partial charge in [0, 0.05) is 6.20 Å². The number of hydrogen-bond acceptors (Lipinski definition) is 4. The number of anilines is 1. The highest BCUT2D eigenvalue weighted by Gasteiger charge is 2.10. The SMILES string of the molecule is COC(=O)c1ncc(Cl)cc1N. The van der Waals surface area contributed by atoms with E-state index in [1.165, 1.54) is 19.4 Å². The Balaban J connectivity index is 3.09. The van der Waals surface area contributed by atoms with E-state index in [1.807, 2.05) is 0 Å². The fraction of sp³-hybridized carbons (Fsp3) is 0.143. The van der Waals surface area contributed by atoms with Crippen LogP contribution in [0.5, 0.6) is 0 Å². The molecule has 0 saturated heterocycles. The fourth-order valence-electron chi connectivity index (χ4n) is 0.722. The van der Waals surface area contributed by atoms with Gasteiger partial charge in [-0.05, 0) is 6.07 Å². The van der Waals surface area contributed by atoms with Gasteiger partial charge in [0.05, 0.1) is 17.8 Å². The van der Waals surface area contributed by atoms with Gasteiger partial charge in [-0.3, -0.25) is 0 Å². The second-order valence-corrected chi connectivity index (χ2v) is 2.52. The predicted octanol–water partition coefficient (Wildman–Crippen LogP) is 1.10. The molecule has 0 amide bonds. The number of rotatable bonds is 1. The molecule has 0 aliphatic heterocycles. The van der Waals surface area contributed by atoms with Crippen LogP contribution in [0.15, 0.2) is 12.3 Å². The summed E-state index contributed by atoms with van der Waals surface area (Å²) in [4.78, 5) is 14.7. The number of halogens is 1. The second kappa shape index (κ2) is 3.40. The maximum Gasteiger partial charge on any atom is 0.358 e. The molecule has 0 radical (unpaired) electrons. The van der Waals surface area contributed by atoms with Crippen molar-refractivity contribution in [2.75, 3.05) is 12.8 Å². The fourth-order valence-corrected chi connectivity index (χ4v) is 0.889. The summed E-state index contributed by atoms with van der Waals surface area (Å²) >= 11 is 5.57. The first kappa shape index (κ1) is 8.80. The number of nitrogen functional groups attached to an aromatic ring is 1. The van der Waals surface area contributed by atoms with Crippen LogP contribution < -0.4 is 5.73 Å². The van der Waals surface area contributed by atoms with Crippen molar-refractivity contribution >= 4 is 23.3 Å². The molecule has 0 saturated carbocycles. The van der Waals surface area contributed by atoms with Crippen molar-refractivity contribution in [1.82, 2.24) is 4.98 Å². The number of hydrogen-bond donors (Lipinski definition) is 1. The Hall–Kier alpha value is -1.29. The van der Waals surface area contributed by atoms with E-state index in [-0.39, 0.29) is 11.4 Å². The molecule has 0 fully saturated rings. The van der Waals surface area contributed by atoms with Crippen LogP contribution in [0.2, 0.25) is 5.02 Å². The van der Waals surface area contributed by atoms with Crippen molar-refractivity contribution in [1.29, 1.82) is 0 Å². The molecule has 12 heavy (non-hydrogen) atoms. The summed E-state index contributed by atoms with van der Waals surface area (Å²) in [6, 6.07) is 1.45. The molecule has 1 aromatic heterocycles. The summed E-state index contributed by atoms with van der Waals surface area (Å²) in [6.07, 6.45) is 1.34. The minimum atomic E-state index is -0.566. The molecule has 0 aliphatic carbocycles. The van der Waals surface area contributed by atoms with Gasteiger partial charge in [-0.2, -0.15) is 0 Å².